The van der Waals surface area contributed by atoms with Crippen molar-refractivity contribution in [1.82, 2.24) is 10.3 Å². The maximum absolute atomic E-state index is 12.2. The van der Waals surface area contributed by atoms with Crippen molar-refractivity contribution in [2.24, 2.45) is 0 Å². The number of carbonyl (C=O) groups excluding carboxylic acids is 2. The topological polar surface area (TPSA) is 80.3 Å². The van der Waals surface area contributed by atoms with Gasteiger partial charge in [0.15, 0.2) is 5.13 Å². The third-order valence-electron chi connectivity index (χ3n) is 3.31. The summed E-state index contributed by atoms with van der Waals surface area (Å²) >= 11 is 2.68. The molecule has 2 amide bonds. The van der Waals surface area contributed by atoms with Gasteiger partial charge in [0.1, 0.15) is 11.8 Å². The fourth-order valence-electron chi connectivity index (χ4n) is 2.04. The number of hydrogen-bond donors (Lipinski definition) is 2. The standard InChI is InChI=1S/C16H15N3O3S2/c1-9(17-15(21)12-4-3-7-23-12)14(20)19-16-18-11-6-5-10(22-2)8-13(11)24-16/h3-9H,1-2H3,(H,17,21)(H,18,19,20). The summed E-state index contributed by atoms with van der Waals surface area (Å²) in [5.41, 5.74) is 0.784. The summed E-state index contributed by atoms with van der Waals surface area (Å²) < 4.78 is 6.09. The molecule has 3 aromatic rings. The maximum Gasteiger partial charge on any atom is 0.261 e. The van der Waals surface area contributed by atoms with Crippen molar-refractivity contribution >= 4 is 49.8 Å². The molecule has 0 aliphatic rings. The van der Waals surface area contributed by atoms with E-state index in [0.29, 0.717) is 10.0 Å². The Labute approximate surface area is 146 Å². The average Bonchev–Trinajstić information content (AvgIpc) is 3.23. The van der Waals surface area contributed by atoms with Gasteiger partial charge in [-0.15, -0.1) is 11.3 Å². The normalized spacial score (nSPS) is 11.9. The van der Waals surface area contributed by atoms with E-state index in [1.54, 1.807) is 26.2 Å². The second kappa shape index (κ2) is 6.98. The van der Waals surface area contributed by atoms with Crippen LogP contribution in [0.15, 0.2) is 35.7 Å². The Morgan fingerprint density at radius 2 is 2.12 bits per heavy atom. The van der Waals surface area contributed by atoms with Crippen molar-refractivity contribution in [2.75, 3.05) is 12.4 Å². The highest BCUT2D eigenvalue weighted by molar-refractivity contribution is 7.22. The number of nitrogens with one attached hydrogen (secondary N) is 2. The summed E-state index contributed by atoms with van der Waals surface area (Å²) in [7, 11) is 1.60. The van der Waals surface area contributed by atoms with E-state index in [1.165, 1.54) is 22.7 Å². The molecular formula is C16H15N3O3S2. The second-order valence-electron chi connectivity index (χ2n) is 5.01. The molecule has 0 saturated carbocycles. The molecular weight excluding hydrogens is 346 g/mol. The third kappa shape index (κ3) is 3.55. The number of nitrogens with zero attached hydrogens (tertiary/aromatic N) is 1. The van der Waals surface area contributed by atoms with Gasteiger partial charge in [-0.05, 0) is 36.6 Å². The first-order valence-electron chi connectivity index (χ1n) is 7.16. The number of benzene rings is 1. The molecule has 2 heterocycles. The first-order chi connectivity index (χ1) is 11.6. The Bertz CT molecular complexity index is 874. The Morgan fingerprint density at radius 1 is 1.29 bits per heavy atom. The van der Waals surface area contributed by atoms with Gasteiger partial charge in [0.25, 0.3) is 5.91 Å². The van der Waals surface area contributed by atoms with Crippen LogP contribution in [-0.2, 0) is 4.79 Å². The third-order valence-corrected chi connectivity index (χ3v) is 5.11. The zero-order chi connectivity index (χ0) is 17.1. The molecule has 124 valence electrons. The van der Waals surface area contributed by atoms with Gasteiger partial charge in [0, 0.05) is 0 Å². The van der Waals surface area contributed by atoms with Crippen molar-refractivity contribution in [3.8, 4) is 5.75 Å². The number of thiazole rings is 1. The molecule has 1 unspecified atom stereocenters. The lowest BCUT2D eigenvalue weighted by Gasteiger charge is -2.12. The summed E-state index contributed by atoms with van der Waals surface area (Å²) in [6.07, 6.45) is 0. The van der Waals surface area contributed by atoms with Crippen LogP contribution in [0.2, 0.25) is 0 Å². The number of rotatable bonds is 5. The van der Waals surface area contributed by atoms with Crippen molar-refractivity contribution < 1.29 is 14.3 Å². The molecule has 2 N–H and O–H groups in total. The van der Waals surface area contributed by atoms with Gasteiger partial charge in [0.05, 0.1) is 22.2 Å². The van der Waals surface area contributed by atoms with E-state index in [1.807, 2.05) is 23.6 Å². The SMILES string of the molecule is COc1ccc2nc(NC(=O)C(C)NC(=O)c3cccs3)sc2c1. The quantitative estimate of drug-likeness (QED) is 0.732. The molecule has 3 rings (SSSR count). The molecule has 0 fully saturated rings. The lowest BCUT2D eigenvalue weighted by molar-refractivity contribution is -0.117. The first kappa shape index (κ1) is 16.4. The van der Waals surface area contributed by atoms with Crippen LogP contribution >= 0.6 is 22.7 Å². The summed E-state index contributed by atoms with van der Waals surface area (Å²) in [6.45, 7) is 1.64. The van der Waals surface area contributed by atoms with Crippen LogP contribution in [0.1, 0.15) is 16.6 Å². The van der Waals surface area contributed by atoms with Crippen LogP contribution in [0.25, 0.3) is 10.2 Å². The van der Waals surface area contributed by atoms with Gasteiger partial charge in [-0.1, -0.05) is 17.4 Å². The zero-order valence-electron chi connectivity index (χ0n) is 13.0. The van der Waals surface area contributed by atoms with Crippen LogP contribution in [0.3, 0.4) is 0 Å². The molecule has 8 heteroatoms. The molecule has 2 aromatic heterocycles. The number of anilines is 1. The van der Waals surface area contributed by atoms with E-state index < -0.39 is 6.04 Å². The molecule has 0 bridgehead atoms. The smallest absolute Gasteiger partial charge is 0.261 e. The van der Waals surface area contributed by atoms with Gasteiger partial charge in [-0.3, -0.25) is 9.59 Å². The van der Waals surface area contributed by atoms with Gasteiger partial charge in [-0.2, -0.15) is 0 Å². The number of amides is 2. The van der Waals surface area contributed by atoms with E-state index in [0.717, 1.165) is 16.0 Å². The fourth-order valence-corrected chi connectivity index (χ4v) is 3.56. The van der Waals surface area contributed by atoms with Gasteiger partial charge >= 0.3 is 0 Å². The highest BCUT2D eigenvalue weighted by Crippen LogP contribution is 2.29. The van der Waals surface area contributed by atoms with Crippen LogP contribution in [0, 0.1) is 0 Å². The highest BCUT2D eigenvalue weighted by atomic mass is 32.1. The number of fused-ring (bicyclic) bond motifs is 1. The van der Waals surface area contributed by atoms with Crippen LogP contribution < -0.4 is 15.4 Å². The molecule has 0 aliphatic carbocycles. The minimum Gasteiger partial charge on any atom is -0.497 e. The maximum atomic E-state index is 12.2. The number of methoxy groups -OCH3 is 1. The number of ether oxygens (including phenoxy) is 1. The molecule has 0 radical (unpaired) electrons. The minimum atomic E-state index is -0.666. The largest absolute Gasteiger partial charge is 0.497 e. The average molecular weight is 361 g/mol. The van der Waals surface area contributed by atoms with E-state index >= 15 is 0 Å². The van der Waals surface area contributed by atoms with Gasteiger partial charge in [-0.25, -0.2) is 4.98 Å². The summed E-state index contributed by atoms with van der Waals surface area (Å²) in [5, 5.41) is 7.71. The number of hydrogen-bond acceptors (Lipinski definition) is 6. The van der Waals surface area contributed by atoms with Crippen LogP contribution in [0.5, 0.6) is 5.75 Å². The van der Waals surface area contributed by atoms with Gasteiger partial charge in [0.2, 0.25) is 5.91 Å². The van der Waals surface area contributed by atoms with E-state index in [4.69, 9.17) is 4.74 Å². The predicted molar refractivity (Wildman–Crippen MR) is 96.0 cm³/mol. The molecule has 0 saturated heterocycles. The number of aromatic nitrogens is 1. The van der Waals surface area contributed by atoms with E-state index in [9.17, 15) is 9.59 Å². The zero-order valence-corrected chi connectivity index (χ0v) is 14.7. The Balaban J connectivity index is 1.66. The van der Waals surface area contributed by atoms with Crippen LogP contribution in [0.4, 0.5) is 5.13 Å². The Hall–Kier alpha value is -2.45. The first-order valence-corrected chi connectivity index (χ1v) is 8.86. The molecule has 6 nitrogen and oxygen atoms in total. The fraction of sp³-hybridized carbons (Fsp3) is 0.188. The Morgan fingerprint density at radius 3 is 2.83 bits per heavy atom. The van der Waals surface area contributed by atoms with Crippen molar-refractivity contribution in [3.05, 3.63) is 40.6 Å². The molecule has 1 aromatic carbocycles. The molecule has 0 spiro atoms. The second-order valence-corrected chi connectivity index (χ2v) is 6.99. The predicted octanol–water partition coefficient (Wildman–Crippen LogP) is 3.12. The summed E-state index contributed by atoms with van der Waals surface area (Å²) in [4.78, 5) is 29.1. The molecule has 0 aliphatic heterocycles. The minimum absolute atomic E-state index is 0.262. The van der Waals surface area contributed by atoms with Crippen LogP contribution in [-0.4, -0.2) is 29.9 Å². The number of thiophene rings is 1. The van der Waals surface area contributed by atoms with E-state index in [2.05, 4.69) is 15.6 Å². The highest BCUT2D eigenvalue weighted by Gasteiger charge is 2.18. The van der Waals surface area contributed by atoms with E-state index in [-0.39, 0.29) is 11.8 Å². The summed E-state index contributed by atoms with van der Waals surface area (Å²) in [5.74, 6) is 0.160. The lowest BCUT2D eigenvalue weighted by atomic mass is 10.3. The van der Waals surface area contributed by atoms with Crippen molar-refractivity contribution in [1.29, 1.82) is 0 Å². The monoisotopic (exact) mass is 361 g/mol. The lowest BCUT2D eigenvalue weighted by Crippen LogP contribution is -2.41. The molecule has 1 atom stereocenters. The summed E-state index contributed by atoms with van der Waals surface area (Å²) in [6, 6.07) is 8.36. The Kier molecular flexibility index (Phi) is 4.77. The van der Waals surface area contributed by atoms with Gasteiger partial charge < -0.3 is 15.4 Å². The number of carbonyl (C=O) groups is 2. The molecule has 24 heavy (non-hydrogen) atoms. The van der Waals surface area contributed by atoms with Crippen molar-refractivity contribution in [3.63, 3.8) is 0 Å². The van der Waals surface area contributed by atoms with Crippen molar-refractivity contribution in [2.45, 2.75) is 13.0 Å².